The van der Waals surface area contributed by atoms with Crippen molar-refractivity contribution < 1.29 is 13.2 Å². The van der Waals surface area contributed by atoms with Crippen molar-refractivity contribution in [1.82, 2.24) is 9.62 Å². The molecule has 2 aromatic carbocycles. The molecule has 1 fully saturated rings. The first-order chi connectivity index (χ1) is 12.9. The van der Waals surface area contributed by atoms with Crippen molar-refractivity contribution in [1.29, 1.82) is 0 Å². The Hall–Kier alpha value is -1.54. The Bertz CT molecular complexity index is 942. The second-order valence-electron chi connectivity index (χ2n) is 6.28. The van der Waals surface area contributed by atoms with E-state index < -0.39 is 10.0 Å². The number of benzene rings is 2. The number of amides is 1. The van der Waals surface area contributed by atoms with Crippen molar-refractivity contribution in [2.45, 2.75) is 29.2 Å². The molecule has 1 aliphatic heterocycles. The van der Waals surface area contributed by atoms with E-state index in [1.54, 1.807) is 35.2 Å². The molecule has 0 unspecified atom stereocenters. The minimum atomic E-state index is -3.77. The monoisotopic (exact) mass is 424 g/mol. The first kappa shape index (κ1) is 20.2. The highest BCUT2D eigenvalue weighted by Crippen LogP contribution is 2.26. The molecule has 1 aliphatic rings. The summed E-state index contributed by atoms with van der Waals surface area (Å²) in [4.78, 5) is 15.4. The number of likely N-dealkylation sites (tertiary alicyclic amines) is 1. The molecular formula is C19H21ClN2O3S2. The molecule has 1 saturated heterocycles. The Morgan fingerprint density at radius 3 is 2.56 bits per heavy atom. The van der Waals surface area contributed by atoms with Gasteiger partial charge in [0, 0.05) is 29.6 Å². The van der Waals surface area contributed by atoms with Gasteiger partial charge in [0.2, 0.25) is 10.0 Å². The van der Waals surface area contributed by atoms with Gasteiger partial charge in [0.15, 0.2) is 0 Å². The Kier molecular flexibility index (Phi) is 6.47. The van der Waals surface area contributed by atoms with Gasteiger partial charge in [0.1, 0.15) is 0 Å². The first-order valence-corrected chi connectivity index (χ1v) is 11.7. The number of nitrogens with one attached hydrogen (secondary N) is 1. The van der Waals surface area contributed by atoms with Crippen molar-refractivity contribution in [3.05, 3.63) is 58.6 Å². The fourth-order valence-electron chi connectivity index (χ4n) is 3.01. The SMILES string of the molecule is CSc1ccc(S(=O)(=O)NCc2ccccc2Cl)cc1C(=O)N1CCCC1. The van der Waals surface area contributed by atoms with E-state index in [9.17, 15) is 13.2 Å². The van der Waals surface area contributed by atoms with E-state index in [0.717, 1.165) is 17.7 Å². The van der Waals surface area contributed by atoms with Crippen molar-refractivity contribution in [3.8, 4) is 0 Å². The van der Waals surface area contributed by atoms with E-state index in [1.807, 2.05) is 6.26 Å². The highest BCUT2D eigenvalue weighted by Gasteiger charge is 2.24. The van der Waals surface area contributed by atoms with Crippen LogP contribution in [0.25, 0.3) is 0 Å². The van der Waals surface area contributed by atoms with Crippen LogP contribution in [0.1, 0.15) is 28.8 Å². The minimum Gasteiger partial charge on any atom is -0.339 e. The third-order valence-electron chi connectivity index (χ3n) is 4.52. The molecule has 27 heavy (non-hydrogen) atoms. The lowest BCUT2D eigenvalue weighted by molar-refractivity contribution is 0.0789. The molecule has 2 aromatic rings. The normalized spacial score (nSPS) is 14.5. The molecule has 0 atom stereocenters. The van der Waals surface area contributed by atoms with Crippen LogP contribution >= 0.6 is 23.4 Å². The Morgan fingerprint density at radius 1 is 1.19 bits per heavy atom. The molecule has 5 nitrogen and oxygen atoms in total. The Balaban J connectivity index is 1.85. The number of hydrogen-bond acceptors (Lipinski definition) is 4. The summed E-state index contributed by atoms with van der Waals surface area (Å²) in [5.41, 5.74) is 1.13. The summed E-state index contributed by atoms with van der Waals surface area (Å²) in [6.07, 6.45) is 3.84. The molecule has 1 heterocycles. The summed E-state index contributed by atoms with van der Waals surface area (Å²) in [5, 5.41) is 0.503. The Labute approximate surface area is 169 Å². The number of sulfonamides is 1. The van der Waals surface area contributed by atoms with E-state index in [1.165, 1.54) is 23.9 Å². The molecule has 0 saturated carbocycles. The molecule has 0 spiro atoms. The largest absolute Gasteiger partial charge is 0.339 e. The van der Waals surface area contributed by atoms with E-state index in [-0.39, 0.29) is 17.3 Å². The molecule has 1 amide bonds. The molecule has 144 valence electrons. The van der Waals surface area contributed by atoms with Crippen LogP contribution in [-0.2, 0) is 16.6 Å². The fraction of sp³-hybridized carbons (Fsp3) is 0.316. The number of halogens is 1. The van der Waals surface area contributed by atoms with E-state index in [0.29, 0.717) is 29.2 Å². The van der Waals surface area contributed by atoms with Crippen molar-refractivity contribution in [3.63, 3.8) is 0 Å². The van der Waals surface area contributed by atoms with Gasteiger partial charge < -0.3 is 4.90 Å². The van der Waals surface area contributed by atoms with Crippen LogP contribution < -0.4 is 4.72 Å². The topological polar surface area (TPSA) is 66.5 Å². The van der Waals surface area contributed by atoms with Crippen LogP contribution in [0.5, 0.6) is 0 Å². The van der Waals surface area contributed by atoms with Crippen molar-refractivity contribution >= 4 is 39.3 Å². The van der Waals surface area contributed by atoms with E-state index in [4.69, 9.17) is 11.6 Å². The smallest absolute Gasteiger partial charge is 0.255 e. The summed E-state index contributed by atoms with van der Waals surface area (Å²) in [7, 11) is -3.77. The summed E-state index contributed by atoms with van der Waals surface area (Å²) in [6.45, 7) is 1.52. The average Bonchev–Trinajstić information content (AvgIpc) is 3.21. The number of rotatable bonds is 6. The van der Waals surface area contributed by atoms with Gasteiger partial charge in [-0.25, -0.2) is 13.1 Å². The maximum absolute atomic E-state index is 12.8. The van der Waals surface area contributed by atoms with Gasteiger partial charge in [0.05, 0.1) is 10.5 Å². The summed E-state index contributed by atoms with van der Waals surface area (Å²) in [5.74, 6) is -0.111. The second kappa shape index (κ2) is 8.65. The van der Waals surface area contributed by atoms with Crippen LogP contribution in [-0.4, -0.2) is 38.6 Å². The molecule has 8 heteroatoms. The number of thioether (sulfide) groups is 1. The highest BCUT2D eigenvalue weighted by atomic mass is 35.5. The predicted molar refractivity (Wildman–Crippen MR) is 109 cm³/mol. The summed E-state index contributed by atoms with van der Waals surface area (Å²) >= 11 is 7.52. The van der Waals surface area contributed by atoms with Gasteiger partial charge in [-0.15, -0.1) is 11.8 Å². The number of carbonyl (C=O) groups is 1. The number of carbonyl (C=O) groups excluding carboxylic acids is 1. The zero-order valence-corrected chi connectivity index (χ0v) is 17.3. The zero-order chi connectivity index (χ0) is 19.4. The Morgan fingerprint density at radius 2 is 1.89 bits per heavy atom. The molecule has 3 rings (SSSR count). The lowest BCUT2D eigenvalue weighted by Gasteiger charge is -2.18. The highest BCUT2D eigenvalue weighted by molar-refractivity contribution is 7.98. The quantitative estimate of drug-likeness (QED) is 0.716. The van der Waals surface area contributed by atoms with Crippen LogP contribution in [0.2, 0.25) is 5.02 Å². The molecule has 0 aromatic heterocycles. The van der Waals surface area contributed by atoms with Crippen molar-refractivity contribution in [2.24, 2.45) is 0 Å². The lowest BCUT2D eigenvalue weighted by atomic mass is 10.2. The maximum atomic E-state index is 12.8. The lowest BCUT2D eigenvalue weighted by Crippen LogP contribution is -2.29. The fourth-order valence-corrected chi connectivity index (χ4v) is 4.82. The van der Waals surface area contributed by atoms with Gasteiger partial charge in [0.25, 0.3) is 5.91 Å². The average molecular weight is 425 g/mol. The van der Waals surface area contributed by atoms with Gasteiger partial charge in [-0.05, 0) is 48.9 Å². The van der Waals surface area contributed by atoms with Gasteiger partial charge in [-0.1, -0.05) is 29.8 Å². The summed E-state index contributed by atoms with van der Waals surface area (Å²) in [6, 6.07) is 11.8. The minimum absolute atomic E-state index is 0.0786. The summed E-state index contributed by atoms with van der Waals surface area (Å²) < 4.78 is 28.0. The van der Waals surface area contributed by atoms with Crippen LogP contribution in [0, 0.1) is 0 Å². The van der Waals surface area contributed by atoms with Gasteiger partial charge >= 0.3 is 0 Å². The number of hydrogen-bond donors (Lipinski definition) is 1. The maximum Gasteiger partial charge on any atom is 0.255 e. The molecular weight excluding hydrogens is 404 g/mol. The van der Waals surface area contributed by atoms with Crippen molar-refractivity contribution in [2.75, 3.05) is 19.3 Å². The molecule has 0 aliphatic carbocycles. The second-order valence-corrected chi connectivity index (χ2v) is 9.30. The number of nitrogens with zero attached hydrogens (tertiary/aromatic N) is 1. The third kappa shape index (κ3) is 4.66. The zero-order valence-electron chi connectivity index (χ0n) is 14.9. The molecule has 1 N–H and O–H groups in total. The molecule has 0 radical (unpaired) electrons. The van der Waals surface area contributed by atoms with Crippen LogP contribution in [0.4, 0.5) is 0 Å². The standard InChI is InChI=1S/C19H21ClN2O3S2/c1-26-18-9-8-15(12-16(18)19(23)22-10-4-5-11-22)27(24,25)21-13-14-6-2-3-7-17(14)20/h2-3,6-9,12,21H,4-5,10-11,13H2,1H3. The van der Waals surface area contributed by atoms with E-state index in [2.05, 4.69) is 4.72 Å². The van der Waals surface area contributed by atoms with Gasteiger partial charge in [-0.2, -0.15) is 0 Å². The van der Waals surface area contributed by atoms with E-state index >= 15 is 0 Å². The van der Waals surface area contributed by atoms with Gasteiger partial charge in [-0.3, -0.25) is 4.79 Å². The first-order valence-electron chi connectivity index (χ1n) is 8.63. The van der Waals surface area contributed by atoms with Crippen LogP contribution in [0.15, 0.2) is 52.3 Å². The van der Waals surface area contributed by atoms with Crippen LogP contribution in [0.3, 0.4) is 0 Å². The molecule has 0 bridgehead atoms. The predicted octanol–water partition coefficient (Wildman–Crippen LogP) is 3.78. The third-order valence-corrected chi connectivity index (χ3v) is 7.08.